The van der Waals surface area contributed by atoms with E-state index in [2.05, 4.69) is 4.72 Å². The van der Waals surface area contributed by atoms with Crippen molar-refractivity contribution in [3.8, 4) is 0 Å². The van der Waals surface area contributed by atoms with Crippen molar-refractivity contribution in [2.45, 2.75) is 4.90 Å². The largest absolute Gasteiger partial charge is 0.279 e. The molecule has 0 saturated carbocycles. The topological polar surface area (TPSA) is 46.2 Å². The summed E-state index contributed by atoms with van der Waals surface area (Å²) in [5, 5.41) is 0.417. The predicted octanol–water partition coefficient (Wildman–Crippen LogP) is 3.42. The minimum absolute atomic E-state index is 0.159. The van der Waals surface area contributed by atoms with Crippen molar-refractivity contribution in [3.63, 3.8) is 0 Å². The second-order valence-corrected chi connectivity index (χ2v) is 5.72. The minimum Gasteiger partial charge on any atom is -0.279 e. The second kappa shape index (κ2) is 5.14. The molecule has 0 radical (unpaired) electrons. The van der Waals surface area contributed by atoms with Gasteiger partial charge in [0.2, 0.25) is 0 Å². The highest BCUT2D eigenvalue weighted by molar-refractivity contribution is 7.92. The van der Waals surface area contributed by atoms with Gasteiger partial charge in [-0.05, 0) is 36.4 Å². The Bertz CT molecular complexity index is 682. The number of benzene rings is 2. The summed E-state index contributed by atoms with van der Waals surface area (Å²) in [5.74, 6) is -2.30. The lowest BCUT2D eigenvalue weighted by Crippen LogP contribution is -2.16. The summed E-state index contributed by atoms with van der Waals surface area (Å²) in [6, 6.07) is 8.52. The van der Waals surface area contributed by atoms with Crippen LogP contribution < -0.4 is 4.72 Å². The standard InChI is InChI=1S/C12H8ClF2NO2S/c13-8-4-6-9(7-5-8)16-19(17,18)12-10(14)2-1-3-11(12)15/h1-7,16H. The second-order valence-electron chi connectivity index (χ2n) is 3.66. The number of hydrogen-bond acceptors (Lipinski definition) is 2. The maximum Gasteiger partial charge on any atom is 0.267 e. The highest BCUT2D eigenvalue weighted by Gasteiger charge is 2.23. The van der Waals surface area contributed by atoms with Crippen LogP contribution in [0, 0.1) is 11.6 Å². The van der Waals surface area contributed by atoms with Gasteiger partial charge in [0, 0.05) is 10.7 Å². The highest BCUT2D eigenvalue weighted by Crippen LogP contribution is 2.22. The SMILES string of the molecule is O=S(=O)(Nc1ccc(Cl)cc1)c1c(F)cccc1F. The van der Waals surface area contributed by atoms with E-state index < -0.39 is 26.6 Å². The van der Waals surface area contributed by atoms with Crippen molar-refractivity contribution in [2.75, 3.05) is 4.72 Å². The third-order valence-electron chi connectivity index (χ3n) is 2.28. The van der Waals surface area contributed by atoms with Gasteiger partial charge in [0.05, 0.1) is 0 Å². The molecule has 0 aromatic heterocycles. The third-order valence-corrected chi connectivity index (χ3v) is 3.97. The van der Waals surface area contributed by atoms with Crippen LogP contribution in [0.5, 0.6) is 0 Å². The number of rotatable bonds is 3. The van der Waals surface area contributed by atoms with E-state index in [0.29, 0.717) is 5.02 Å². The van der Waals surface area contributed by atoms with Crippen LogP contribution in [-0.2, 0) is 10.0 Å². The molecule has 2 aromatic rings. The first-order valence-electron chi connectivity index (χ1n) is 5.12. The summed E-state index contributed by atoms with van der Waals surface area (Å²) >= 11 is 5.65. The van der Waals surface area contributed by atoms with Gasteiger partial charge in [-0.1, -0.05) is 17.7 Å². The van der Waals surface area contributed by atoms with Crippen LogP contribution in [0.3, 0.4) is 0 Å². The molecule has 0 atom stereocenters. The van der Waals surface area contributed by atoms with E-state index in [0.717, 1.165) is 18.2 Å². The molecule has 0 fully saturated rings. The average Bonchev–Trinajstić information content (AvgIpc) is 2.31. The fourth-order valence-electron chi connectivity index (χ4n) is 1.46. The quantitative estimate of drug-likeness (QED) is 0.944. The molecule has 0 aliphatic rings. The van der Waals surface area contributed by atoms with Gasteiger partial charge in [0.15, 0.2) is 4.90 Å². The van der Waals surface area contributed by atoms with Crippen molar-refractivity contribution >= 4 is 27.3 Å². The zero-order valence-corrected chi connectivity index (χ0v) is 11.0. The van der Waals surface area contributed by atoms with E-state index in [1.165, 1.54) is 24.3 Å². The molecule has 0 spiro atoms. The van der Waals surface area contributed by atoms with Crippen LogP contribution >= 0.6 is 11.6 Å². The molecule has 2 aromatic carbocycles. The summed E-state index contributed by atoms with van der Waals surface area (Å²) in [7, 11) is -4.33. The molecule has 1 N–H and O–H groups in total. The summed E-state index contributed by atoms with van der Waals surface area (Å²) in [6.45, 7) is 0. The van der Waals surface area contributed by atoms with Crippen LogP contribution in [0.2, 0.25) is 5.02 Å². The Morgan fingerprint density at radius 3 is 2.00 bits per heavy atom. The fraction of sp³-hybridized carbons (Fsp3) is 0. The molecule has 0 heterocycles. The molecular weight excluding hydrogens is 296 g/mol. The van der Waals surface area contributed by atoms with Gasteiger partial charge in [0.1, 0.15) is 11.6 Å². The Kier molecular flexibility index (Phi) is 3.73. The lowest BCUT2D eigenvalue weighted by Gasteiger charge is -2.09. The number of hydrogen-bond donors (Lipinski definition) is 1. The molecule has 0 bridgehead atoms. The van der Waals surface area contributed by atoms with Crippen molar-refractivity contribution in [1.29, 1.82) is 0 Å². The van der Waals surface area contributed by atoms with Crippen LogP contribution in [0.15, 0.2) is 47.4 Å². The van der Waals surface area contributed by atoms with Crippen molar-refractivity contribution < 1.29 is 17.2 Å². The van der Waals surface area contributed by atoms with Crippen LogP contribution in [-0.4, -0.2) is 8.42 Å². The van der Waals surface area contributed by atoms with Crippen molar-refractivity contribution in [2.24, 2.45) is 0 Å². The van der Waals surface area contributed by atoms with Crippen LogP contribution in [0.4, 0.5) is 14.5 Å². The van der Waals surface area contributed by atoms with Gasteiger partial charge in [-0.25, -0.2) is 17.2 Å². The molecule has 0 saturated heterocycles. The highest BCUT2D eigenvalue weighted by atomic mass is 35.5. The first kappa shape index (κ1) is 13.8. The molecule has 0 amide bonds. The number of nitrogens with one attached hydrogen (secondary N) is 1. The van der Waals surface area contributed by atoms with Gasteiger partial charge >= 0.3 is 0 Å². The maximum atomic E-state index is 13.4. The molecule has 19 heavy (non-hydrogen) atoms. The first-order chi connectivity index (χ1) is 8.90. The van der Waals surface area contributed by atoms with Crippen molar-refractivity contribution in [1.82, 2.24) is 0 Å². The Hall–Kier alpha value is -1.66. The fourth-order valence-corrected chi connectivity index (χ4v) is 2.79. The van der Waals surface area contributed by atoms with E-state index in [9.17, 15) is 17.2 Å². The van der Waals surface area contributed by atoms with Gasteiger partial charge in [-0.3, -0.25) is 4.72 Å². The molecule has 7 heteroatoms. The predicted molar refractivity (Wildman–Crippen MR) is 68.6 cm³/mol. The molecular formula is C12H8ClF2NO2S. The Morgan fingerprint density at radius 2 is 1.47 bits per heavy atom. The molecule has 3 nitrogen and oxygen atoms in total. The molecule has 0 aliphatic carbocycles. The summed E-state index contributed by atoms with van der Waals surface area (Å²) in [4.78, 5) is -1.01. The van der Waals surface area contributed by atoms with E-state index >= 15 is 0 Å². The molecule has 100 valence electrons. The minimum atomic E-state index is -4.33. The zero-order chi connectivity index (χ0) is 14.0. The van der Waals surface area contributed by atoms with E-state index in [4.69, 9.17) is 11.6 Å². The van der Waals surface area contributed by atoms with Crippen LogP contribution in [0.1, 0.15) is 0 Å². The normalized spacial score (nSPS) is 11.3. The van der Waals surface area contributed by atoms with Gasteiger partial charge in [-0.15, -0.1) is 0 Å². The number of halogens is 3. The Labute approximate surface area is 113 Å². The number of sulfonamides is 1. The Balaban J connectivity index is 2.41. The third kappa shape index (κ3) is 3.02. The lowest BCUT2D eigenvalue weighted by atomic mass is 10.3. The monoisotopic (exact) mass is 303 g/mol. The van der Waals surface area contributed by atoms with Gasteiger partial charge < -0.3 is 0 Å². The van der Waals surface area contributed by atoms with Crippen LogP contribution in [0.25, 0.3) is 0 Å². The molecule has 0 unspecified atom stereocenters. The summed E-state index contributed by atoms with van der Waals surface area (Å²) in [5.41, 5.74) is 0.159. The zero-order valence-electron chi connectivity index (χ0n) is 9.40. The van der Waals surface area contributed by atoms with E-state index in [1.54, 1.807) is 0 Å². The summed E-state index contributed by atoms with van der Waals surface area (Å²) < 4.78 is 52.8. The van der Waals surface area contributed by atoms with Gasteiger partial charge in [0.25, 0.3) is 10.0 Å². The smallest absolute Gasteiger partial charge is 0.267 e. The first-order valence-corrected chi connectivity index (χ1v) is 6.99. The van der Waals surface area contributed by atoms with E-state index in [1.807, 2.05) is 0 Å². The lowest BCUT2D eigenvalue weighted by molar-refractivity contribution is 0.521. The maximum absolute atomic E-state index is 13.4. The molecule has 0 aliphatic heterocycles. The van der Waals surface area contributed by atoms with E-state index in [-0.39, 0.29) is 5.69 Å². The summed E-state index contributed by atoms with van der Waals surface area (Å²) in [6.07, 6.45) is 0. The Morgan fingerprint density at radius 1 is 0.947 bits per heavy atom. The van der Waals surface area contributed by atoms with Crippen molar-refractivity contribution in [3.05, 3.63) is 59.1 Å². The number of anilines is 1. The molecule has 2 rings (SSSR count). The average molecular weight is 304 g/mol. The van der Waals surface area contributed by atoms with Gasteiger partial charge in [-0.2, -0.15) is 0 Å².